The van der Waals surface area contributed by atoms with Gasteiger partial charge in [-0.3, -0.25) is 0 Å². The summed E-state index contributed by atoms with van der Waals surface area (Å²) in [6.45, 7) is 2.19. The topological polar surface area (TPSA) is 0 Å². The molecule has 0 saturated carbocycles. The number of hydrogen-bond acceptors (Lipinski definition) is 0. The van der Waals surface area contributed by atoms with Crippen LogP contribution in [-0.2, 0) is 0 Å². The number of benzene rings is 1. The van der Waals surface area contributed by atoms with Crippen LogP contribution in [0.2, 0.25) is 0 Å². The van der Waals surface area contributed by atoms with Crippen LogP contribution in [0.15, 0.2) is 72.4 Å². The van der Waals surface area contributed by atoms with Crippen molar-refractivity contribution < 1.29 is 0 Å². The van der Waals surface area contributed by atoms with E-state index in [1.165, 1.54) is 24.0 Å². The maximum Gasteiger partial charge on any atom is 0.0245 e. The summed E-state index contributed by atoms with van der Waals surface area (Å²) < 4.78 is 0. The monoisotopic (exact) mass is 260 g/mol. The smallest absolute Gasteiger partial charge is 0.0245 e. The van der Waals surface area contributed by atoms with E-state index in [9.17, 15) is 0 Å². The lowest BCUT2D eigenvalue weighted by Crippen LogP contribution is -1.82. The fourth-order valence-corrected chi connectivity index (χ4v) is 1.95. The van der Waals surface area contributed by atoms with Crippen LogP contribution in [0.25, 0.3) is 5.57 Å². The van der Waals surface area contributed by atoms with Crippen molar-refractivity contribution in [3.8, 4) is 11.8 Å². The first kappa shape index (κ1) is 14.2. The first-order valence-corrected chi connectivity index (χ1v) is 7.21. The van der Waals surface area contributed by atoms with Crippen molar-refractivity contribution >= 4 is 5.57 Å². The van der Waals surface area contributed by atoms with Crippen LogP contribution in [0.1, 0.15) is 31.7 Å². The Bertz CT molecular complexity index is 598. The molecule has 1 aromatic rings. The van der Waals surface area contributed by atoms with Crippen molar-refractivity contribution in [2.75, 3.05) is 0 Å². The first-order chi connectivity index (χ1) is 9.90. The van der Waals surface area contributed by atoms with Gasteiger partial charge in [-0.15, -0.1) is 0 Å². The Hall–Kier alpha value is -2.26. The molecular weight excluding hydrogens is 240 g/mol. The maximum atomic E-state index is 3.24. The summed E-state index contributed by atoms with van der Waals surface area (Å²) in [6.07, 6.45) is 15.9. The molecule has 0 bridgehead atoms. The highest BCUT2D eigenvalue weighted by atomic mass is 14.0. The quantitative estimate of drug-likeness (QED) is 0.510. The summed E-state index contributed by atoms with van der Waals surface area (Å²) in [5, 5.41) is 0. The van der Waals surface area contributed by atoms with E-state index in [-0.39, 0.29) is 0 Å². The van der Waals surface area contributed by atoms with Crippen molar-refractivity contribution in [1.29, 1.82) is 0 Å². The van der Waals surface area contributed by atoms with Gasteiger partial charge in [-0.25, -0.2) is 0 Å². The molecule has 0 radical (unpaired) electrons. The molecule has 2 rings (SSSR count). The Morgan fingerprint density at radius 1 is 0.950 bits per heavy atom. The largest absolute Gasteiger partial charge is 0.0979 e. The molecule has 0 fully saturated rings. The van der Waals surface area contributed by atoms with Gasteiger partial charge in [0.05, 0.1) is 0 Å². The number of allylic oxidation sites excluding steroid dienone is 8. The Morgan fingerprint density at radius 2 is 1.75 bits per heavy atom. The highest BCUT2D eigenvalue weighted by molar-refractivity contribution is 5.76. The predicted molar refractivity (Wildman–Crippen MR) is 88.1 cm³/mol. The summed E-state index contributed by atoms with van der Waals surface area (Å²) in [6, 6.07) is 10.4. The van der Waals surface area contributed by atoms with Crippen molar-refractivity contribution in [3.05, 3.63) is 77.9 Å². The van der Waals surface area contributed by atoms with E-state index in [0.717, 1.165) is 12.0 Å². The highest BCUT2D eigenvalue weighted by Gasteiger charge is 1.96. The van der Waals surface area contributed by atoms with Crippen molar-refractivity contribution in [1.82, 2.24) is 0 Å². The Kier molecular flexibility index (Phi) is 5.68. The molecule has 0 nitrogen and oxygen atoms in total. The second kappa shape index (κ2) is 8.02. The van der Waals surface area contributed by atoms with E-state index < -0.39 is 0 Å². The molecule has 0 heteroatoms. The highest BCUT2D eigenvalue weighted by Crippen LogP contribution is 2.17. The van der Waals surface area contributed by atoms with Crippen LogP contribution in [0, 0.1) is 11.8 Å². The van der Waals surface area contributed by atoms with Crippen molar-refractivity contribution in [3.63, 3.8) is 0 Å². The lowest BCUT2D eigenvalue weighted by molar-refractivity contribution is 0.828. The number of unbranched alkanes of at least 4 members (excludes halogenated alkanes) is 2. The van der Waals surface area contributed by atoms with Gasteiger partial charge in [-0.05, 0) is 29.7 Å². The Labute approximate surface area is 122 Å². The molecule has 1 aliphatic carbocycles. The van der Waals surface area contributed by atoms with Gasteiger partial charge < -0.3 is 0 Å². The molecule has 0 aromatic heterocycles. The third-order valence-electron chi connectivity index (χ3n) is 3.10. The maximum absolute atomic E-state index is 3.24. The third-order valence-corrected chi connectivity index (χ3v) is 3.10. The molecule has 0 aliphatic heterocycles. The van der Waals surface area contributed by atoms with Crippen LogP contribution in [0.4, 0.5) is 0 Å². The average molecular weight is 260 g/mol. The fraction of sp³-hybridized carbons (Fsp3) is 0.200. The summed E-state index contributed by atoms with van der Waals surface area (Å²) >= 11 is 0. The summed E-state index contributed by atoms with van der Waals surface area (Å²) in [5.41, 5.74) is 3.51. The second-order valence-corrected chi connectivity index (χ2v) is 4.73. The minimum atomic E-state index is 0.979. The van der Waals surface area contributed by atoms with Gasteiger partial charge in [0.15, 0.2) is 0 Å². The van der Waals surface area contributed by atoms with Crippen LogP contribution >= 0.6 is 0 Å². The van der Waals surface area contributed by atoms with E-state index in [4.69, 9.17) is 0 Å². The van der Waals surface area contributed by atoms with E-state index >= 15 is 0 Å². The van der Waals surface area contributed by atoms with E-state index in [0.29, 0.717) is 0 Å². The number of rotatable bonds is 3. The summed E-state index contributed by atoms with van der Waals surface area (Å²) in [5.74, 6) is 6.48. The van der Waals surface area contributed by atoms with Gasteiger partial charge in [0.2, 0.25) is 0 Å². The van der Waals surface area contributed by atoms with Crippen molar-refractivity contribution in [2.24, 2.45) is 0 Å². The molecule has 1 aromatic carbocycles. The molecule has 0 atom stereocenters. The van der Waals surface area contributed by atoms with Crippen LogP contribution in [-0.4, -0.2) is 0 Å². The zero-order chi connectivity index (χ0) is 14.0. The molecule has 0 heterocycles. The van der Waals surface area contributed by atoms with Crippen LogP contribution in [0.3, 0.4) is 0 Å². The van der Waals surface area contributed by atoms with Gasteiger partial charge in [0.1, 0.15) is 0 Å². The van der Waals surface area contributed by atoms with E-state index in [1.54, 1.807) is 0 Å². The van der Waals surface area contributed by atoms with E-state index in [1.807, 2.05) is 6.07 Å². The lowest BCUT2D eigenvalue weighted by Gasteiger charge is -2.02. The van der Waals surface area contributed by atoms with Crippen LogP contribution < -0.4 is 0 Å². The predicted octanol–water partition coefficient (Wildman–Crippen LogP) is 5.32. The second-order valence-electron chi connectivity index (χ2n) is 4.73. The number of hydrogen-bond donors (Lipinski definition) is 0. The first-order valence-electron chi connectivity index (χ1n) is 7.21. The zero-order valence-corrected chi connectivity index (χ0v) is 12.0. The minimum Gasteiger partial charge on any atom is -0.0979 e. The lowest BCUT2D eigenvalue weighted by atomic mass is 10.0. The van der Waals surface area contributed by atoms with Gasteiger partial charge in [0.25, 0.3) is 0 Å². The summed E-state index contributed by atoms with van der Waals surface area (Å²) in [7, 11) is 0. The zero-order valence-electron chi connectivity index (χ0n) is 12.0. The van der Waals surface area contributed by atoms with E-state index in [2.05, 4.69) is 79.5 Å². The van der Waals surface area contributed by atoms with Crippen LogP contribution in [0.5, 0.6) is 0 Å². The van der Waals surface area contributed by atoms with Gasteiger partial charge in [-0.2, -0.15) is 0 Å². The Morgan fingerprint density at radius 3 is 2.55 bits per heavy atom. The third kappa shape index (κ3) is 4.44. The average Bonchev–Trinajstić information content (AvgIpc) is 2.47. The fourth-order valence-electron chi connectivity index (χ4n) is 1.95. The normalized spacial score (nSPS) is 22.1. The standard InChI is InChI=1S/C20H20/c1-2-3-4-6-11-18-12-9-10-15-20(17-16-18)19-13-7-5-8-14-19/h5,7-10,12-17H,2-4H2,1H3/b10-9?,12-9-,15-10-,17-16?,18-12?,18-16-,20-15?,20-17+. The molecule has 100 valence electrons. The molecule has 0 unspecified atom stereocenters. The van der Waals surface area contributed by atoms with Gasteiger partial charge in [0, 0.05) is 12.0 Å². The van der Waals surface area contributed by atoms with Gasteiger partial charge >= 0.3 is 0 Å². The minimum absolute atomic E-state index is 0.979. The molecule has 1 aliphatic rings. The van der Waals surface area contributed by atoms with Crippen molar-refractivity contribution in [2.45, 2.75) is 26.2 Å². The molecular formula is C20H20. The molecule has 20 heavy (non-hydrogen) atoms. The van der Waals surface area contributed by atoms with Gasteiger partial charge in [-0.1, -0.05) is 79.8 Å². The SMILES string of the molecule is CCCCC#CC1=C/C=C(c2ccccc2)\C=C/C=C\1. The molecule has 0 spiro atoms. The molecule has 0 saturated heterocycles. The molecule has 0 amide bonds. The molecule has 0 N–H and O–H groups in total. The Balaban J connectivity index is 2.18. The summed E-state index contributed by atoms with van der Waals surface area (Å²) in [4.78, 5) is 0.